The largest absolute Gasteiger partial charge is 0.303 e. The van der Waals surface area contributed by atoms with E-state index < -0.39 is 17.8 Å². The summed E-state index contributed by atoms with van der Waals surface area (Å²) in [7, 11) is 1.76. The number of hydrogen-bond donors (Lipinski definition) is 2. The van der Waals surface area contributed by atoms with Gasteiger partial charge in [-0.05, 0) is 31.2 Å². The van der Waals surface area contributed by atoms with E-state index in [1.54, 1.807) is 55.4 Å². The van der Waals surface area contributed by atoms with Gasteiger partial charge in [-0.3, -0.25) is 30.1 Å². The second-order valence-electron chi connectivity index (χ2n) is 6.71. The van der Waals surface area contributed by atoms with E-state index in [0.717, 1.165) is 5.56 Å². The molecule has 1 amide bonds. The van der Waals surface area contributed by atoms with E-state index in [1.807, 2.05) is 0 Å². The summed E-state index contributed by atoms with van der Waals surface area (Å²) in [5.41, 5.74) is 6.35. The molecular formula is C20H18FN7O2. The maximum Gasteiger partial charge on any atom is 0.261 e. The third-order valence-corrected chi connectivity index (χ3v) is 4.68. The summed E-state index contributed by atoms with van der Waals surface area (Å²) in [5, 5.41) is 4.45. The Hall–Kier alpha value is -4.08. The van der Waals surface area contributed by atoms with Crippen LogP contribution in [0.3, 0.4) is 0 Å². The number of halogens is 1. The molecule has 9 nitrogen and oxygen atoms in total. The Morgan fingerprint density at radius 3 is 2.77 bits per heavy atom. The highest BCUT2D eigenvalue weighted by atomic mass is 19.1. The van der Waals surface area contributed by atoms with E-state index in [9.17, 15) is 14.0 Å². The number of nitrogens with zero attached hydrogens (tertiary/aromatic N) is 5. The van der Waals surface area contributed by atoms with Gasteiger partial charge in [0.05, 0.1) is 17.1 Å². The van der Waals surface area contributed by atoms with Gasteiger partial charge in [-0.1, -0.05) is 0 Å². The Bertz CT molecular complexity index is 1300. The van der Waals surface area contributed by atoms with Gasteiger partial charge in [0, 0.05) is 43.0 Å². The smallest absolute Gasteiger partial charge is 0.261 e. The molecule has 0 aliphatic heterocycles. The zero-order valence-electron chi connectivity index (χ0n) is 16.2. The third kappa shape index (κ3) is 3.62. The molecule has 2 N–H and O–H groups in total. The van der Waals surface area contributed by atoms with Crippen LogP contribution in [0.4, 0.5) is 10.2 Å². The molecule has 0 saturated carbocycles. The summed E-state index contributed by atoms with van der Waals surface area (Å²) in [6.45, 7) is 1.57. The van der Waals surface area contributed by atoms with Crippen LogP contribution < -0.4 is 16.4 Å². The van der Waals surface area contributed by atoms with Crippen molar-refractivity contribution in [3.63, 3.8) is 0 Å². The van der Waals surface area contributed by atoms with Crippen molar-refractivity contribution < 1.29 is 9.18 Å². The van der Waals surface area contributed by atoms with E-state index in [4.69, 9.17) is 0 Å². The molecule has 0 fully saturated rings. The first-order valence-electron chi connectivity index (χ1n) is 9.10. The molecule has 0 saturated heterocycles. The SMILES string of the molecule is CC(C(=O)NNc1ncc(-c2cnn(C)c2)cc1F)n1ccc2ncccc2c1=O. The fourth-order valence-corrected chi connectivity index (χ4v) is 3.00. The number of amides is 1. The molecule has 0 radical (unpaired) electrons. The molecule has 1 atom stereocenters. The van der Waals surface area contributed by atoms with Gasteiger partial charge in [0.15, 0.2) is 11.6 Å². The van der Waals surface area contributed by atoms with E-state index in [0.29, 0.717) is 16.5 Å². The zero-order chi connectivity index (χ0) is 21.3. The minimum absolute atomic E-state index is 0.141. The zero-order valence-corrected chi connectivity index (χ0v) is 16.2. The molecule has 4 heterocycles. The van der Waals surface area contributed by atoms with E-state index in [-0.39, 0.29) is 11.4 Å². The Morgan fingerprint density at radius 1 is 1.20 bits per heavy atom. The van der Waals surface area contributed by atoms with Crippen LogP contribution in [0.25, 0.3) is 22.0 Å². The number of hydrogen-bond acceptors (Lipinski definition) is 6. The molecule has 30 heavy (non-hydrogen) atoms. The standard InChI is InChI=1S/C20H18FN7O2/c1-12(28-7-5-17-15(20(28)30)4-3-6-22-17)19(29)26-25-18-16(21)8-13(9-23-18)14-10-24-27(2)11-14/h3-12H,1-2H3,(H,23,25)(H,26,29). The molecule has 0 aliphatic carbocycles. The number of aromatic nitrogens is 5. The molecule has 4 rings (SSSR count). The maximum absolute atomic E-state index is 14.4. The number of nitrogens with one attached hydrogen (secondary N) is 2. The second-order valence-corrected chi connectivity index (χ2v) is 6.71. The number of carbonyl (C=O) groups is 1. The number of aryl methyl sites for hydroxylation is 1. The van der Waals surface area contributed by atoms with Crippen LogP contribution in [-0.2, 0) is 11.8 Å². The molecule has 0 spiro atoms. The number of carbonyl (C=O) groups excluding carboxylic acids is 1. The van der Waals surface area contributed by atoms with Crippen molar-refractivity contribution in [3.8, 4) is 11.1 Å². The van der Waals surface area contributed by atoms with Crippen molar-refractivity contribution in [1.82, 2.24) is 29.7 Å². The van der Waals surface area contributed by atoms with Gasteiger partial charge in [0.2, 0.25) is 0 Å². The molecule has 152 valence electrons. The highest BCUT2D eigenvalue weighted by Crippen LogP contribution is 2.21. The Kier molecular flexibility index (Phi) is 4.97. The van der Waals surface area contributed by atoms with Crippen LogP contribution in [-0.4, -0.2) is 30.2 Å². The maximum atomic E-state index is 14.4. The monoisotopic (exact) mass is 407 g/mol. The third-order valence-electron chi connectivity index (χ3n) is 4.68. The number of hydrazine groups is 1. The van der Waals surface area contributed by atoms with Gasteiger partial charge in [-0.25, -0.2) is 9.37 Å². The van der Waals surface area contributed by atoms with Gasteiger partial charge in [0.1, 0.15) is 6.04 Å². The predicted octanol–water partition coefficient (Wildman–Crippen LogP) is 2.04. The van der Waals surface area contributed by atoms with E-state index in [2.05, 4.69) is 25.9 Å². The van der Waals surface area contributed by atoms with Crippen LogP contribution in [0, 0.1) is 5.82 Å². The Morgan fingerprint density at radius 2 is 2.03 bits per heavy atom. The summed E-state index contributed by atoms with van der Waals surface area (Å²) < 4.78 is 17.3. The van der Waals surface area contributed by atoms with E-state index in [1.165, 1.54) is 23.0 Å². The van der Waals surface area contributed by atoms with Crippen molar-refractivity contribution in [2.75, 3.05) is 5.43 Å². The van der Waals surface area contributed by atoms with Crippen LogP contribution in [0.15, 0.2) is 60.0 Å². The quantitative estimate of drug-likeness (QED) is 0.491. The van der Waals surface area contributed by atoms with Gasteiger partial charge in [-0.2, -0.15) is 5.10 Å². The van der Waals surface area contributed by atoms with Crippen LogP contribution >= 0.6 is 0 Å². The summed E-state index contributed by atoms with van der Waals surface area (Å²) in [6.07, 6.45) is 7.91. The minimum Gasteiger partial charge on any atom is -0.303 e. The summed E-state index contributed by atoms with van der Waals surface area (Å²) in [4.78, 5) is 33.3. The highest BCUT2D eigenvalue weighted by Gasteiger charge is 2.18. The number of fused-ring (bicyclic) bond motifs is 1. The summed E-state index contributed by atoms with van der Waals surface area (Å²) >= 11 is 0. The average Bonchev–Trinajstić information content (AvgIpc) is 3.19. The summed E-state index contributed by atoms with van der Waals surface area (Å²) in [5.74, 6) is -1.31. The molecule has 0 aliphatic rings. The Labute approximate surface area is 170 Å². The van der Waals surface area contributed by atoms with Crippen molar-refractivity contribution in [3.05, 3.63) is 71.4 Å². The fraction of sp³-hybridized carbons (Fsp3) is 0.150. The van der Waals surface area contributed by atoms with Crippen LogP contribution in [0.5, 0.6) is 0 Å². The first kappa shape index (κ1) is 19.2. The molecular weight excluding hydrogens is 389 g/mol. The molecule has 0 aromatic carbocycles. The van der Waals surface area contributed by atoms with Crippen LogP contribution in [0.1, 0.15) is 13.0 Å². The minimum atomic E-state index is -0.840. The lowest BCUT2D eigenvalue weighted by molar-refractivity contribution is -0.123. The first-order valence-corrected chi connectivity index (χ1v) is 9.10. The van der Waals surface area contributed by atoms with Crippen molar-refractivity contribution in [2.24, 2.45) is 7.05 Å². The molecule has 4 aromatic heterocycles. The lowest BCUT2D eigenvalue weighted by Gasteiger charge is -2.16. The highest BCUT2D eigenvalue weighted by molar-refractivity contribution is 5.82. The number of anilines is 1. The fourth-order valence-electron chi connectivity index (χ4n) is 3.00. The lowest BCUT2D eigenvalue weighted by Crippen LogP contribution is -2.38. The van der Waals surface area contributed by atoms with Crippen molar-refractivity contribution >= 4 is 22.6 Å². The number of pyridine rings is 3. The van der Waals surface area contributed by atoms with Crippen molar-refractivity contribution in [2.45, 2.75) is 13.0 Å². The first-order chi connectivity index (χ1) is 14.4. The van der Waals surface area contributed by atoms with E-state index >= 15 is 0 Å². The van der Waals surface area contributed by atoms with Crippen molar-refractivity contribution in [1.29, 1.82) is 0 Å². The second kappa shape index (κ2) is 7.74. The van der Waals surface area contributed by atoms with Crippen LogP contribution in [0.2, 0.25) is 0 Å². The average molecular weight is 407 g/mol. The van der Waals surface area contributed by atoms with Gasteiger partial charge < -0.3 is 4.57 Å². The summed E-state index contributed by atoms with van der Waals surface area (Å²) in [6, 6.07) is 5.42. The Balaban J connectivity index is 1.48. The van der Waals surface area contributed by atoms with Gasteiger partial charge >= 0.3 is 0 Å². The normalized spacial score (nSPS) is 12.0. The molecule has 4 aromatic rings. The van der Waals surface area contributed by atoms with Gasteiger partial charge in [-0.15, -0.1) is 0 Å². The van der Waals surface area contributed by atoms with Gasteiger partial charge in [0.25, 0.3) is 11.5 Å². The molecule has 1 unspecified atom stereocenters. The molecule has 10 heteroatoms. The lowest BCUT2D eigenvalue weighted by atomic mass is 10.1. The topological polar surface area (TPSA) is 107 Å². The predicted molar refractivity (Wildman–Crippen MR) is 109 cm³/mol. The molecule has 0 bridgehead atoms. The number of rotatable bonds is 5.